The van der Waals surface area contributed by atoms with Crippen LogP contribution >= 0.6 is 0 Å². The minimum atomic E-state index is -5.08. The van der Waals surface area contributed by atoms with Crippen LogP contribution in [0.5, 0.6) is 0 Å². The summed E-state index contributed by atoms with van der Waals surface area (Å²) in [6.45, 7) is 2.81. The van der Waals surface area contributed by atoms with Gasteiger partial charge in [-0.25, -0.2) is 18.2 Å². The van der Waals surface area contributed by atoms with Gasteiger partial charge in [-0.05, 0) is 74.6 Å². The quantitative estimate of drug-likeness (QED) is 0.274. The normalized spacial score (nSPS) is 11.5. The molecule has 0 aliphatic carbocycles. The number of nitrogens with one attached hydrogen (secondary N) is 1. The SMILES string of the molecule is Cc1oc(-c2ccc(C(=O)NCc3cccnc3)cc2)nc1CS(=O)(=O)c1ccc(CN(C)C)cc1.O=C(O)C(F)(F)F. The Morgan fingerprint density at radius 1 is 1.00 bits per heavy atom. The summed E-state index contributed by atoms with van der Waals surface area (Å²) < 4.78 is 63.5. The average molecular weight is 619 g/mol. The van der Waals surface area contributed by atoms with Crippen molar-refractivity contribution in [2.45, 2.75) is 36.8 Å². The van der Waals surface area contributed by atoms with Crippen molar-refractivity contribution in [3.63, 3.8) is 0 Å². The van der Waals surface area contributed by atoms with E-state index >= 15 is 0 Å². The van der Waals surface area contributed by atoms with Gasteiger partial charge < -0.3 is 19.7 Å². The maximum atomic E-state index is 13.0. The maximum absolute atomic E-state index is 13.0. The molecule has 2 aromatic carbocycles. The number of aromatic nitrogens is 2. The second kappa shape index (κ2) is 14.1. The molecule has 10 nitrogen and oxygen atoms in total. The Balaban J connectivity index is 0.000000646. The molecule has 4 aromatic rings. The van der Waals surface area contributed by atoms with Crippen molar-refractivity contribution in [1.82, 2.24) is 20.2 Å². The van der Waals surface area contributed by atoms with Gasteiger partial charge in [0.05, 0.1) is 10.6 Å². The van der Waals surface area contributed by atoms with Crippen molar-refractivity contribution in [3.05, 3.63) is 101 Å². The molecule has 0 fully saturated rings. The molecule has 0 aliphatic rings. The van der Waals surface area contributed by atoms with E-state index in [2.05, 4.69) is 15.3 Å². The van der Waals surface area contributed by atoms with E-state index in [1.165, 1.54) is 0 Å². The van der Waals surface area contributed by atoms with Crippen LogP contribution in [0.2, 0.25) is 0 Å². The summed E-state index contributed by atoms with van der Waals surface area (Å²) in [5, 5.41) is 9.98. The van der Waals surface area contributed by atoms with Crippen molar-refractivity contribution in [2.75, 3.05) is 14.1 Å². The van der Waals surface area contributed by atoms with Gasteiger partial charge in [0.25, 0.3) is 5.91 Å². The van der Waals surface area contributed by atoms with Crippen LogP contribution in [0.15, 0.2) is 82.4 Å². The largest absolute Gasteiger partial charge is 0.490 e. The Labute approximate surface area is 246 Å². The number of hydrogen-bond donors (Lipinski definition) is 2. The van der Waals surface area contributed by atoms with E-state index in [1.807, 2.05) is 43.3 Å². The molecule has 0 spiro atoms. The van der Waals surface area contributed by atoms with Crippen LogP contribution in [0.1, 0.15) is 32.9 Å². The zero-order chi connectivity index (χ0) is 31.8. The number of halogens is 3. The van der Waals surface area contributed by atoms with Gasteiger partial charge in [-0.15, -0.1) is 0 Å². The van der Waals surface area contributed by atoms with Crippen LogP contribution in [0.4, 0.5) is 13.2 Å². The molecule has 2 heterocycles. The number of aliphatic carboxylic acids is 1. The number of benzene rings is 2. The second-order valence-corrected chi connectivity index (χ2v) is 11.6. The predicted molar refractivity (Wildman–Crippen MR) is 150 cm³/mol. The fraction of sp³-hybridized carbons (Fsp3) is 0.241. The number of sulfone groups is 1. The number of nitrogens with zero attached hydrogens (tertiary/aromatic N) is 3. The Bertz CT molecular complexity index is 1640. The van der Waals surface area contributed by atoms with E-state index in [0.29, 0.717) is 35.0 Å². The van der Waals surface area contributed by atoms with Crippen molar-refractivity contribution in [2.24, 2.45) is 0 Å². The van der Waals surface area contributed by atoms with Crippen LogP contribution < -0.4 is 5.32 Å². The number of carboxylic acids is 1. The number of hydrogen-bond acceptors (Lipinski definition) is 8. The first-order valence-corrected chi connectivity index (χ1v) is 14.3. The van der Waals surface area contributed by atoms with Crippen molar-refractivity contribution in [3.8, 4) is 11.5 Å². The van der Waals surface area contributed by atoms with Gasteiger partial charge in [0.15, 0.2) is 9.84 Å². The summed E-state index contributed by atoms with van der Waals surface area (Å²) in [7, 11) is 0.330. The summed E-state index contributed by atoms with van der Waals surface area (Å²) in [6.07, 6.45) is -1.70. The molecule has 0 unspecified atom stereocenters. The molecular weight excluding hydrogens is 589 g/mol. The molecule has 228 valence electrons. The van der Waals surface area contributed by atoms with Gasteiger partial charge in [-0.3, -0.25) is 9.78 Å². The van der Waals surface area contributed by atoms with Crippen LogP contribution in [0, 0.1) is 6.92 Å². The molecule has 2 aromatic heterocycles. The van der Waals surface area contributed by atoms with Crippen LogP contribution in [-0.2, 0) is 33.5 Å². The molecule has 0 saturated heterocycles. The molecule has 43 heavy (non-hydrogen) atoms. The van der Waals surface area contributed by atoms with Crippen LogP contribution in [0.3, 0.4) is 0 Å². The Morgan fingerprint density at radius 3 is 2.16 bits per heavy atom. The summed E-state index contributed by atoms with van der Waals surface area (Å²) >= 11 is 0. The van der Waals surface area contributed by atoms with Gasteiger partial charge >= 0.3 is 12.1 Å². The molecule has 14 heteroatoms. The molecule has 0 bridgehead atoms. The van der Waals surface area contributed by atoms with Gasteiger partial charge in [0.1, 0.15) is 11.5 Å². The molecule has 4 rings (SSSR count). The number of aryl methyl sites for hydroxylation is 1. The first-order valence-electron chi connectivity index (χ1n) is 12.7. The Kier molecular flexibility index (Phi) is 10.8. The zero-order valence-corrected chi connectivity index (χ0v) is 24.2. The number of amides is 1. The zero-order valence-electron chi connectivity index (χ0n) is 23.4. The third-order valence-corrected chi connectivity index (χ3v) is 7.46. The summed E-state index contributed by atoms with van der Waals surface area (Å²) in [5.41, 5.74) is 3.45. The van der Waals surface area contributed by atoms with E-state index < -0.39 is 22.0 Å². The van der Waals surface area contributed by atoms with Gasteiger partial charge in [-0.2, -0.15) is 13.2 Å². The first-order chi connectivity index (χ1) is 20.2. The van der Waals surface area contributed by atoms with Gasteiger partial charge in [0.2, 0.25) is 5.89 Å². The third kappa shape index (κ3) is 9.75. The highest BCUT2D eigenvalue weighted by Crippen LogP contribution is 2.25. The average Bonchev–Trinajstić information content (AvgIpc) is 3.31. The van der Waals surface area contributed by atoms with E-state index in [0.717, 1.165) is 17.7 Å². The third-order valence-electron chi connectivity index (χ3n) is 5.81. The Hall–Kier alpha value is -4.56. The molecule has 0 aliphatic heterocycles. The van der Waals surface area contributed by atoms with E-state index in [4.69, 9.17) is 14.3 Å². The number of pyridine rings is 1. The second-order valence-electron chi connectivity index (χ2n) is 9.59. The molecule has 0 radical (unpaired) electrons. The van der Waals surface area contributed by atoms with E-state index in [1.54, 1.807) is 55.7 Å². The standard InChI is InChI=1S/C27H28N4O4S.C2HF3O2/c1-19-25(18-36(33,34)24-12-6-20(7-13-24)17-31(2)3)30-27(35-19)23-10-8-22(9-11-23)26(32)29-16-21-5-4-14-28-15-21;3-2(4,5)1(6)7/h4-15H,16-18H2,1-3H3,(H,29,32);(H,6,7). The lowest BCUT2D eigenvalue weighted by Crippen LogP contribution is -2.22. The van der Waals surface area contributed by atoms with Crippen LogP contribution in [-0.4, -0.2) is 60.5 Å². The number of carboxylic acid groups (broad SMARTS) is 1. The maximum Gasteiger partial charge on any atom is 0.490 e. The summed E-state index contributed by atoms with van der Waals surface area (Å²) in [5.74, 6) is -2.48. The number of rotatable bonds is 9. The summed E-state index contributed by atoms with van der Waals surface area (Å²) in [6, 6.07) is 17.4. The molecule has 1 amide bonds. The molecule has 0 saturated carbocycles. The lowest BCUT2D eigenvalue weighted by molar-refractivity contribution is -0.192. The molecule has 2 N–H and O–H groups in total. The smallest absolute Gasteiger partial charge is 0.475 e. The topological polar surface area (TPSA) is 143 Å². The molecule has 0 atom stereocenters. The fourth-order valence-corrected chi connectivity index (χ4v) is 5.01. The highest BCUT2D eigenvalue weighted by molar-refractivity contribution is 7.90. The lowest BCUT2D eigenvalue weighted by atomic mass is 10.1. The number of oxazole rings is 1. The number of carbonyl (C=O) groups is 2. The first kappa shape index (κ1) is 32.9. The van der Waals surface area contributed by atoms with Gasteiger partial charge in [-0.1, -0.05) is 18.2 Å². The Morgan fingerprint density at radius 2 is 1.63 bits per heavy atom. The van der Waals surface area contributed by atoms with Crippen molar-refractivity contribution < 1.29 is 40.7 Å². The minimum Gasteiger partial charge on any atom is -0.475 e. The lowest BCUT2D eigenvalue weighted by Gasteiger charge is -2.10. The fourth-order valence-electron chi connectivity index (χ4n) is 3.67. The number of alkyl halides is 3. The van der Waals surface area contributed by atoms with Crippen LogP contribution in [0.25, 0.3) is 11.5 Å². The highest BCUT2D eigenvalue weighted by Gasteiger charge is 2.38. The predicted octanol–water partition coefficient (Wildman–Crippen LogP) is 4.64. The van der Waals surface area contributed by atoms with Crippen molar-refractivity contribution >= 4 is 21.7 Å². The monoisotopic (exact) mass is 618 g/mol. The highest BCUT2D eigenvalue weighted by atomic mass is 32.2. The van der Waals surface area contributed by atoms with Gasteiger partial charge in [0, 0.05) is 36.6 Å². The summed E-state index contributed by atoms with van der Waals surface area (Å²) in [4.78, 5) is 32.1. The number of carbonyl (C=O) groups excluding carboxylic acids is 1. The van der Waals surface area contributed by atoms with E-state index in [9.17, 15) is 26.4 Å². The minimum absolute atomic E-state index is 0.211. The molecular formula is C29H29F3N4O6S. The van der Waals surface area contributed by atoms with E-state index in [-0.39, 0.29) is 16.6 Å². The van der Waals surface area contributed by atoms with Crippen molar-refractivity contribution in [1.29, 1.82) is 0 Å².